The van der Waals surface area contributed by atoms with Crippen molar-refractivity contribution >= 4 is 11.7 Å². The van der Waals surface area contributed by atoms with Crippen molar-refractivity contribution in [2.24, 2.45) is 0 Å². The van der Waals surface area contributed by atoms with Crippen LogP contribution in [0.2, 0.25) is 0 Å². The Hall–Kier alpha value is -2.56. The zero-order valence-corrected chi connectivity index (χ0v) is 9.79. The van der Waals surface area contributed by atoms with Gasteiger partial charge in [0.05, 0.1) is 18.9 Å². The molecule has 0 atom stereocenters. The predicted octanol–water partition coefficient (Wildman–Crippen LogP) is 2.24. The molecule has 0 amide bonds. The van der Waals surface area contributed by atoms with E-state index in [-0.39, 0.29) is 5.56 Å². The highest BCUT2D eigenvalue weighted by Crippen LogP contribution is 2.24. The van der Waals surface area contributed by atoms with Gasteiger partial charge >= 0.3 is 5.97 Å². The minimum Gasteiger partial charge on any atom is -0.465 e. The molecule has 0 saturated carbocycles. The molecule has 2 rings (SSSR count). The lowest BCUT2D eigenvalue weighted by atomic mass is 10.2. The SMILES string of the molecule is COC(=O)c1cc(Oc2cccnc2)ccc1N. The zero-order valence-electron chi connectivity index (χ0n) is 9.79. The van der Waals surface area contributed by atoms with E-state index in [1.807, 2.05) is 0 Å². The van der Waals surface area contributed by atoms with E-state index in [9.17, 15) is 4.79 Å². The summed E-state index contributed by atoms with van der Waals surface area (Å²) in [5.74, 6) is 0.583. The summed E-state index contributed by atoms with van der Waals surface area (Å²) in [4.78, 5) is 15.4. The standard InChI is InChI=1S/C13H12N2O3/c1-17-13(16)11-7-9(4-5-12(11)14)18-10-3-2-6-15-8-10/h2-8H,14H2,1H3. The number of carbonyl (C=O) groups excluding carboxylic acids is 1. The van der Waals surface area contributed by atoms with E-state index in [2.05, 4.69) is 9.72 Å². The van der Waals surface area contributed by atoms with Crippen LogP contribution in [0.3, 0.4) is 0 Å². The Kier molecular flexibility index (Phi) is 3.43. The number of aromatic nitrogens is 1. The summed E-state index contributed by atoms with van der Waals surface area (Å²) in [7, 11) is 1.30. The van der Waals surface area contributed by atoms with Gasteiger partial charge in [-0.25, -0.2) is 4.79 Å². The molecule has 1 aromatic carbocycles. The molecular weight excluding hydrogens is 232 g/mol. The van der Waals surface area contributed by atoms with E-state index in [0.29, 0.717) is 17.2 Å². The molecule has 0 spiro atoms. The molecule has 0 aliphatic heterocycles. The summed E-state index contributed by atoms with van der Waals surface area (Å²) in [6, 6.07) is 8.33. The first-order valence-electron chi connectivity index (χ1n) is 5.26. The van der Waals surface area contributed by atoms with E-state index in [1.54, 1.807) is 36.7 Å². The Bertz CT molecular complexity index is 555. The van der Waals surface area contributed by atoms with Crippen molar-refractivity contribution in [3.05, 3.63) is 48.3 Å². The number of nitrogens with zero attached hydrogens (tertiary/aromatic N) is 1. The second-order valence-corrected chi connectivity index (χ2v) is 3.53. The van der Waals surface area contributed by atoms with Crippen molar-refractivity contribution in [2.45, 2.75) is 0 Å². The average Bonchev–Trinajstić information content (AvgIpc) is 2.41. The van der Waals surface area contributed by atoms with Crippen molar-refractivity contribution in [2.75, 3.05) is 12.8 Å². The normalized spacial score (nSPS) is 9.83. The van der Waals surface area contributed by atoms with Crippen molar-refractivity contribution in [1.82, 2.24) is 4.98 Å². The number of nitrogens with two attached hydrogens (primary N) is 1. The van der Waals surface area contributed by atoms with Crippen molar-refractivity contribution in [3.63, 3.8) is 0 Å². The molecular formula is C13H12N2O3. The topological polar surface area (TPSA) is 74.4 Å². The fraction of sp³-hybridized carbons (Fsp3) is 0.0769. The van der Waals surface area contributed by atoms with E-state index in [0.717, 1.165) is 0 Å². The highest BCUT2D eigenvalue weighted by molar-refractivity contribution is 5.95. The lowest BCUT2D eigenvalue weighted by Crippen LogP contribution is -2.05. The summed E-state index contributed by atoms with van der Waals surface area (Å²) in [6.07, 6.45) is 3.23. The lowest BCUT2D eigenvalue weighted by molar-refractivity contribution is 0.0601. The molecule has 0 radical (unpaired) electrons. The van der Waals surface area contributed by atoms with Crippen LogP contribution in [0, 0.1) is 0 Å². The maximum absolute atomic E-state index is 11.5. The van der Waals surface area contributed by atoms with Gasteiger partial charge in [0, 0.05) is 11.9 Å². The first-order valence-corrected chi connectivity index (χ1v) is 5.26. The quantitative estimate of drug-likeness (QED) is 0.662. The Balaban J connectivity index is 2.27. The summed E-state index contributed by atoms with van der Waals surface area (Å²) in [5, 5.41) is 0. The number of carbonyl (C=O) groups is 1. The number of hydrogen-bond donors (Lipinski definition) is 1. The van der Waals surface area contributed by atoms with Crippen LogP contribution in [-0.4, -0.2) is 18.1 Å². The van der Waals surface area contributed by atoms with Gasteiger partial charge in [-0.1, -0.05) is 0 Å². The van der Waals surface area contributed by atoms with Crippen LogP contribution in [-0.2, 0) is 4.74 Å². The van der Waals surface area contributed by atoms with Crippen molar-refractivity contribution in [3.8, 4) is 11.5 Å². The summed E-state index contributed by atoms with van der Waals surface area (Å²) < 4.78 is 10.2. The molecule has 0 unspecified atom stereocenters. The van der Waals surface area contributed by atoms with E-state index < -0.39 is 5.97 Å². The number of rotatable bonds is 3. The third kappa shape index (κ3) is 2.57. The number of methoxy groups -OCH3 is 1. The van der Waals surface area contributed by atoms with E-state index in [1.165, 1.54) is 13.2 Å². The van der Waals surface area contributed by atoms with Crippen LogP contribution >= 0.6 is 0 Å². The maximum Gasteiger partial charge on any atom is 0.340 e. The smallest absolute Gasteiger partial charge is 0.340 e. The molecule has 5 nitrogen and oxygen atoms in total. The van der Waals surface area contributed by atoms with Gasteiger partial charge in [0.2, 0.25) is 0 Å². The molecule has 5 heteroatoms. The van der Waals surface area contributed by atoms with Crippen LogP contribution in [0.15, 0.2) is 42.7 Å². The number of benzene rings is 1. The molecule has 0 saturated heterocycles. The predicted molar refractivity (Wildman–Crippen MR) is 66.5 cm³/mol. The van der Waals surface area contributed by atoms with Crippen molar-refractivity contribution in [1.29, 1.82) is 0 Å². The van der Waals surface area contributed by atoms with Crippen LogP contribution in [0.5, 0.6) is 11.5 Å². The summed E-state index contributed by atoms with van der Waals surface area (Å²) in [6.45, 7) is 0. The lowest BCUT2D eigenvalue weighted by Gasteiger charge is -2.08. The fourth-order valence-electron chi connectivity index (χ4n) is 1.43. The molecule has 1 heterocycles. The third-order valence-electron chi connectivity index (χ3n) is 2.30. The minimum atomic E-state index is -0.496. The van der Waals surface area contributed by atoms with Crippen LogP contribution in [0.1, 0.15) is 10.4 Å². The number of esters is 1. The Morgan fingerprint density at radius 3 is 2.78 bits per heavy atom. The van der Waals surface area contributed by atoms with E-state index >= 15 is 0 Å². The van der Waals surface area contributed by atoms with Gasteiger partial charge in [-0.2, -0.15) is 0 Å². The molecule has 2 N–H and O–H groups in total. The molecule has 18 heavy (non-hydrogen) atoms. The van der Waals surface area contributed by atoms with Gasteiger partial charge in [-0.15, -0.1) is 0 Å². The first-order chi connectivity index (χ1) is 8.70. The summed E-state index contributed by atoms with van der Waals surface area (Å²) >= 11 is 0. The molecule has 92 valence electrons. The van der Waals surface area contributed by atoms with Gasteiger partial charge in [0.15, 0.2) is 0 Å². The maximum atomic E-state index is 11.5. The van der Waals surface area contributed by atoms with Gasteiger partial charge in [0.1, 0.15) is 11.5 Å². The molecule has 0 bridgehead atoms. The van der Waals surface area contributed by atoms with Crippen LogP contribution in [0.4, 0.5) is 5.69 Å². The van der Waals surface area contributed by atoms with Crippen molar-refractivity contribution < 1.29 is 14.3 Å². The molecule has 0 fully saturated rings. The Labute approximate surface area is 104 Å². The number of hydrogen-bond acceptors (Lipinski definition) is 5. The third-order valence-corrected chi connectivity index (χ3v) is 2.30. The van der Waals surface area contributed by atoms with Gasteiger partial charge < -0.3 is 15.2 Å². The molecule has 1 aromatic heterocycles. The van der Waals surface area contributed by atoms with Crippen LogP contribution in [0.25, 0.3) is 0 Å². The highest BCUT2D eigenvalue weighted by atomic mass is 16.5. The monoisotopic (exact) mass is 244 g/mol. The largest absolute Gasteiger partial charge is 0.465 e. The average molecular weight is 244 g/mol. The second kappa shape index (κ2) is 5.18. The van der Waals surface area contributed by atoms with E-state index in [4.69, 9.17) is 10.5 Å². The molecule has 2 aromatic rings. The Morgan fingerprint density at radius 2 is 2.11 bits per heavy atom. The fourth-order valence-corrected chi connectivity index (χ4v) is 1.43. The first kappa shape index (κ1) is 11.9. The number of ether oxygens (including phenoxy) is 2. The Morgan fingerprint density at radius 1 is 1.28 bits per heavy atom. The second-order valence-electron chi connectivity index (χ2n) is 3.53. The van der Waals surface area contributed by atoms with Gasteiger partial charge in [-0.3, -0.25) is 4.98 Å². The number of pyridine rings is 1. The zero-order chi connectivity index (χ0) is 13.0. The van der Waals surface area contributed by atoms with Crippen LogP contribution < -0.4 is 10.5 Å². The van der Waals surface area contributed by atoms with Gasteiger partial charge in [0.25, 0.3) is 0 Å². The highest BCUT2D eigenvalue weighted by Gasteiger charge is 2.11. The molecule has 0 aliphatic carbocycles. The molecule has 0 aliphatic rings. The number of nitrogen functional groups attached to an aromatic ring is 1. The van der Waals surface area contributed by atoms with Gasteiger partial charge in [-0.05, 0) is 30.3 Å². The summed E-state index contributed by atoms with van der Waals surface area (Å²) in [5.41, 5.74) is 6.31. The number of anilines is 1. The minimum absolute atomic E-state index is 0.277.